The molecule has 8 heteroatoms. The van der Waals surface area contributed by atoms with E-state index in [-0.39, 0.29) is 0 Å². The molecule has 0 spiro atoms. The van der Waals surface area contributed by atoms with Crippen LogP contribution in [0.4, 0.5) is 0 Å². The summed E-state index contributed by atoms with van der Waals surface area (Å²) in [6, 6.07) is 24.7. The van der Waals surface area contributed by atoms with E-state index in [0.29, 0.717) is 23.1 Å². The molecule has 1 aliphatic rings. The fourth-order valence-corrected chi connectivity index (χ4v) is 3.81. The monoisotopic (exact) mass is 469 g/mol. The first-order chi connectivity index (χ1) is 17.1. The molecule has 0 saturated carbocycles. The topological polar surface area (TPSA) is 91.3 Å². The predicted octanol–water partition coefficient (Wildman–Crippen LogP) is 4.30. The fourth-order valence-electron chi connectivity index (χ4n) is 3.81. The number of carbonyl (C=O) groups excluding carboxylic acids is 3. The van der Waals surface area contributed by atoms with Gasteiger partial charge in [0.1, 0.15) is 0 Å². The molecular weight excluding hydrogens is 445 g/mol. The van der Waals surface area contributed by atoms with Gasteiger partial charge in [-0.15, -0.1) is 0 Å². The van der Waals surface area contributed by atoms with Crippen LogP contribution in [0.5, 0.6) is 0 Å². The van der Waals surface area contributed by atoms with Crippen molar-refractivity contribution in [2.75, 3.05) is 0 Å². The molecule has 0 bridgehead atoms. The van der Waals surface area contributed by atoms with Gasteiger partial charge in [-0.25, -0.2) is 0 Å². The zero-order valence-corrected chi connectivity index (χ0v) is 19.2. The fraction of sp³-hybridized carbons (Fsp3) is 0.222. The van der Waals surface area contributed by atoms with E-state index in [0.717, 1.165) is 0 Å². The van der Waals surface area contributed by atoms with Crippen molar-refractivity contribution in [3.05, 3.63) is 108 Å². The SMILES string of the molecule is CC[C@H]1O[C@@H](/B=N/C(=O)c2ccccc2)[C@@H](OC(=O)c2ccccc2)C1OC(=O)c1ccccc1. The summed E-state index contributed by atoms with van der Waals surface area (Å²) < 4.78 is 17.6. The molecule has 35 heavy (non-hydrogen) atoms. The van der Waals surface area contributed by atoms with Crippen molar-refractivity contribution in [1.82, 2.24) is 0 Å². The standard InChI is InChI=1S/C27H24BNO6/c1-2-21-22(34-26(31)19-14-8-4-9-15-19)23(35-27(32)20-16-10-5-11-17-20)24(33-21)28-29-25(30)18-12-6-3-7-13-18/h3-17,21-24H,2H2,1H3/t21-,22?,23+,24-/m1/s1. The van der Waals surface area contributed by atoms with Gasteiger partial charge in [0.15, 0.2) is 0 Å². The van der Waals surface area contributed by atoms with Crippen molar-refractivity contribution in [3.8, 4) is 0 Å². The van der Waals surface area contributed by atoms with Gasteiger partial charge in [0.05, 0.1) is 0 Å². The molecule has 1 amide bonds. The third-order valence-corrected chi connectivity index (χ3v) is 5.61. The Morgan fingerprint density at radius 2 is 1.20 bits per heavy atom. The van der Waals surface area contributed by atoms with Crippen LogP contribution in [0, 0.1) is 0 Å². The third kappa shape index (κ3) is 5.97. The Kier molecular flexibility index (Phi) is 7.95. The molecule has 3 aromatic carbocycles. The van der Waals surface area contributed by atoms with Crippen LogP contribution < -0.4 is 0 Å². The summed E-state index contributed by atoms with van der Waals surface area (Å²) in [5, 5.41) is 0. The second-order valence-electron chi connectivity index (χ2n) is 7.97. The molecule has 0 aromatic heterocycles. The number of esters is 2. The Balaban J connectivity index is 1.59. The van der Waals surface area contributed by atoms with Gasteiger partial charge < -0.3 is 0 Å². The molecular formula is C27H24BNO6. The van der Waals surface area contributed by atoms with Crippen LogP contribution in [0.15, 0.2) is 95.9 Å². The molecule has 4 atom stereocenters. The predicted molar refractivity (Wildman–Crippen MR) is 129 cm³/mol. The van der Waals surface area contributed by atoms with Crippen LogP contribution in [0.1, 0.15) is 44.4 Å². The summed E-state index contributed by atoms with van der Waals surface area (Å²) in [7, 11) is 1.32. The summed E-state index contributed by atoms with van der Waals surface area (Å²) in [6.45, 7) is 1.87. The average Bonchev–Trinajstić information content (AvgIpc) is 3.24. The van der Waals surface area contributed by atoms with Crippen molar-refractivity contribution in [1.29, 1.82) is 0 Å². The quantitative estimate of drug-likeness (QED) is 0.379. The second kappa shape index (κ2) is 11.5. The Labute approximate surface area is 204 Å². The van der Waals surface area contributed by atoms with Gasteiger partial charge in [-0.1, -0.05) is 0 Å². The summed E-state index contributed by atoms with van der Waals surface area (Å²) in [4.78, 5) is 42.2. The Morgan fingerprint density at radius 3 is 1.69 bits per heavy atom. The summed E-state index contributed by atoms with van der Waals surface area (Å²) in [5.74, 6) is -1.61. The van der Waals surface area contributed by atoms with Crippen molar-refractivity contribution in [2.45, 2.75) is 37.7 Å². The van der Waals surface area contributed by atoms with Gasteiger partial charge in [0, 0.05) is 0 Å². The second-order valence-corrected chi connectivity index (χ2v) is 7.97. The van der Waals surface area contributed by atoms with Gasteiger partial charge in [0.25, 0.3) is 0 Å². The molecule has 0 radical (unpaired) electrons. The van der Waals surface area contributed by atoms with E-state index in [9.17, 15) is 14.4 Å². The van der Waals surface area contributed by atoms with E-state index in [1.165, 1.54) is 7.07 Å². The van der Waals surface area contributed by atoms with Crippen LogP contribution in [-0.2, 0) is 14.2 Å². The van der Waals surface area contributed by atoms with Crippen LogP contribution in [-0.4, -0.2) is 49.2 Å². The summed E-state index contributed by atoms with van der Waals surface area (Å²) in [6.07, 6.45) is -1.95. The van der Waals surface area contributed by atoms with Gasteiger partial charge in [-0.2, -0.15) is 0 Å². The molecule has 0 N–H and O–H groups in total. The van der Waals surface area contributed by atoms with Crippen LogP contribution in [0.25, 0.3) is 0 Å². The van der Waals surface area contributed by atoms with Crippen LogP contribution >= 0.6 is 0 Å². The zero-order valence-electron chi connectivity index (χ0n) is 19.2. The summed E-state index contributed by atoms with van der Waals surface area (Å²) in [5.41, 5.74) is 1.13. The van der Waals surface area contributed by atoms with Gasteiger partial charge in [-0.05, 0) is 0 Å². The minimum atomic E-state index is -0.993. The number of ether oxygens (including phenoxy) is 3. The summed E-state index contributed by atoms with van der Waals surface area (Å²) >= 11 is 0. The third-order valence-electron chi connectivity index (χ3n) is 5.61. The van der Waals surface area contributed by atoms with E-state index in [2.05, 4.69) is 4.90 Å². The first-order valence-corrected chi connectivity index (χ1v) is 11.4. The number of hydrogen-bond acceptors (Lipinski definition) is 6. The molecule has 1 saturated heterocycles. The van der Waals surface area contributed by atoms with Crippen molar-refractivity contribution in [2.24, 2.45) is 4.90 Å². The molecule has 1 unspecified atom stereocenters. The number of rotatable bonds is 7. The van der Waals surface area contributed by atoms with E-state index in [1.54, 1.807) is 91.0 Å². The van der Waals surface area contributed by atoms with E-state index in [4.69, 9.17) is 14.2 Å². The molecule has 0 aliphatic carbocycles. The first kappa shape index (κ1) is 24.2. The molecule has 1 fully saturated rings. The molecule has 7 nitrogen and oxygen atoms in total. The van der Waals surface area contributed by atoms with Crippen LogP contribution in [0.3, 0.4) is 0 Å². The van der Waals surface area contributed by atoms with Crippen LogP contribution in [0.2, 0.25) is 0 Å². The van der Waals surface area contributed by atoms with Crippen molar-refractivity contribution >= 4 is 24.9 Å². The number of hydrogen-bond donors (Lipinski definition) is 0. The number of nitrogens with zero attached hydrogens (tertiary/aromatic N) is 1. The Hall–Kier alpha value is -3.91. The van der Waals surface area contributed by atoms with Crippen molar-refractivity contribution < 1.29 is 28.6 Å². The Morgan fingerprint density at radius 1 is 0.743 bits per heavy atom. The van der Waals surface area contributed by atoms with Gasteiger partial charge >= 0.3 is 204 Å². The number of benzene rings is 3. The van der Waals surface area contributed by atoms with E-state index in [1.807, 2.05) is 6.92 Å². The van der Waals surface area contributed by atoms with E-state index >= 15 is 0 Å². The Bertz CT molecular complexity index is 1190. The first-order valence-electron chi connectivity index (χ1n) is 11.4. The van der Waals surface area contributed by atoms with Gasteiger partial charge in [0.2, 0.25) is 0 Å². The maximum atomic E-state index is 12.9. The molecule has 4 rings (SSSR count). The molecule has 1 heterocycles. The van der Waals surface area contributed by atoms with E-state index < -0.39 is 42.2 Å². The molecule has 176 valence electrons. The molecule has 3 aromatic rings. The molecule has 1 aliphatic heterocycles. The normalized spacial score (nSPS) is 21.3. The average molecular weight is 469 g/mol. The van der Waals surface area contributed by atoms with Crippen molar-refractivity contribution in [3.63, 3.8) is 0 Å². The maximum absolute atomic E-state index is 12.9. The zero-order chi connectivity index (χ0) is 24.6. The number of carbonyl (C=O) groups is 3. The minimum absolute atomic E-state index is 0.344. The van der Waals surface area contributed by atoms with Gasteiger partial charge in [-0.3, -0.25) is 0 Å². The number of amides is 1.